The van der Waals surface area contributed by atoms with Crippen LogP contribution in [0.2, 0.25) is 0 Å². The second-order valence-corrected chi connectivity index (χ2v) is 7.86. The first kappa shape index (κ1) is 19.2. The molecule has 2 N–H and O–H groups in total. The molecular formula is C14H16F3N3O4S. The number of fused-ring (bicyclic) bond motifs is 1. The van der Waals surface area contributed by atoms with E-state index in [0.717, 1.165) is 12.1 Å². The molecule has 0 aliphatic carbocycles. The fraction of sp³-hybridized carbons (Fsp3) is 0.429. The fourth-order valence-corrected chi connectivity index (χ4v) is 3.92. The molecule has 0 fully saturated rings. The molecule has 1 heterocycles. The molecule has 0 unspecified atom stereocenters. The van der Waals surface area contributed by atoms with Crippen molar-refractivity contribution in [3.05, 3.63) is 39.0 Å². The van der Waals surface area contributed by atoms with Gasteiger partial charge in [-0.2, -0.15) is 17.5 Å². The van der Waals surface area contributed by atoms with Gasteiger partial charge in [0.2, 0.25) is 10.0 Å². The van der Waals surface area contributed by atoms with Crippen molar-refractivity contribution < 1.29 is 21.6 Å². The lowest BCUT2D eigenvalue weighted by Crippen LogP contribution is -2.41. The van der Waals surface area contributed by atoms with Crippen LogP contribution < -0.4 is 11.2 Å². The van der Waals surface area contributed by atoms with E-state index in [2.05, 4.69) is 4.98 Å². The molecule has 0 aliphatic rings. The number of hydrogen-bond donors (Lipinski definition) is 2. The Morgan fingerprint density at radius 3 is 2.36 bits per heavy atom. The molecule has 11 heteroatoms. The molecule has 0 bridgehead atoms. The molecular weight excluding hydrogens is 363 g/mol. The minimum atomic E-state index is -4.71. The average Bonchev–Trinajstić information content (AvgIpc) is 2.44. The van der Waals surface area contributed by atoms with Gasteiger partial charge in [-0.1, -0.05) is 13.8 Å². The number of aromatic amines is 2. The van der Waals surface area contributed by atoms with E-state index in [4.69, 9.17) is 0 Å². The summed E-state index contributed by atoms with van der Waals surface area (Å²) in [7, 11) is -4.48. The Hall–Kier alpha value is -2.14. The maximum Gasteiger partial charge on any atom is 0.402 e. The summed E-state index contributed by atoms with van der Waals surface area (Å²) in [6.45, 7) is 1.22. The minimum Gasteiger partial charge on any atom is -0.307 e. The molecule has 1 aromatic heterocycles. The van der Waals surface area contributed by atoms with Gasteiger partial charge in [-0.3, -0.25) is 9.78 Å². The van der Waals surface area contributed by atoms with Gasteiger partial charge >= 0.3 is 11.9 Å². The molecule has 1 aromatic carbocycles. The molecule has 0 saturated heterocycles. The van der Waals surface area contributed by atoms with Crippen LogP contribution in [0.15, 0.2) is 32.7 Å². The lowest BCUT2D eigenvalue weighted by atomic mass is 10.2. The summed E-state index contributed by atoms with van der Waals surface area (Å²) in [6, 6.07) is 3.17. The first-order valence-corrected chi connectivity index (χ1v) is 8.67. The van der Waals surface area contributed by atoms with Gasteiger partial charge in [0, 0.05) is 6.54 Å². The molecule has 0 radical (unpaired) electrons. The van der Waals surface area contributed by atoms with Crippen molar-refractivity contribution in [2.24, 2.45) is 5.92 Å². The molecule has 2 aromatic rings. The topological polar surface area (TPSA) is 103 Å². The highest BCUT2D eigenvalue weighted by atomic mass is 32.2. The molecule has 0 atom stereocenters. The summed E-state index contributed by atoms with van der Waals surface area (Å²) >= 11 is 0. The Labute approximate surface area is 140 Å². The smallest absolute Gasteiger partial charge is 0.307 e. The van der Waals surface area contributed by atoms with E-state index in [9.17, 15) is 31.2 Å². The van der Waals surface area contributed by atoms with Gasteiger partial charge in [-0.25, -0.2) is 13.2 Å². The van der Waals surface area contributed by atoms with Crippen LogP contribution in [0, 0.1) is 5.92 Å². The molecule has 0 spiro atoms. The van der Waals surface area contributed by atoms with Crippen molar-refractivity contribution in [2.45, 2.75) is 24.9 Å². The summed E-state index contributed by atoms with van der Waals surface area (Å²) in [5.41, 5.74) is -1.52. The van der Waals surface area contributed by atoms with E-state index in [0.29, 0.717) is 4.31 Å². The standard InChI is InChI=1S/C14H16F3N3O4S/c1-8(2)6-20(7-14(15,16)17)25(23,24)9-3-4-11-10(5-9)12(21)19-13(22)18-11/h3-5,8H,6-7H2,1-2H3,(H2,18,19,21,22). The van der Waals surface area contributed by atoms with Crippen LogP contribution in [0.5, 0.6) is 0 Å². The van der Waals surface area contributed by atoms with Gasteiger partial charge < -0.3 is 4.98 Å². The van der Waals surface area contributed by atoms with Crippen LogP contribution >= 0.6 is 0 Å². The van der Waals surface area contributed by atoms with Crippen molar-refractivity contribution in [1.29, 1.82) is 0 Å². The van der Waals surface area contributed by atoms with E-state index in [1.165, 1.54) is 6.07 Å². The Morgan fingerprint density at radius 2 is 1.80 bits per heavy atom. The number of nitrogens with one attached hydrogen (secondary N) is 2. The Kier molecular flexibility index (Phi) is 5.09. The molecule has 0 amide bonds. The normalized spacial score (nSPS) is 13.1. The number of rotatable bonds is 5. The highest BCUT2D eigenvalue weighted by Gasteiger charge is 2.37. The Balaban J connectivity index is 2.57. The van der Waals surface area contributed by atoms with Gasteiger partial charge in [-0.15, -0.1) is 0 Å². The van der Waals surface area contributed by atoms with Gasteiger partial charge in [0.05, 0.1) is 15.8 Å². The number of H-pyrrole nitrogens is 2. The molecule has 25 heavy (non-hydrogen) atoms. The average molecular weight is 379 g/mol. The number of hydrogen-bond acceptors (Lipinski definition) is 4. The third kappa shape index (κ3) is 4.48. The van der Waals surface area contributed by atoms with Gasteiger partial charge in [0.25, 0.3) is 5.56 Å². The van der Waals surface area contributed by atoms with E-state index in [1.807, 2.05) is 4.98 Å². The predicted octanol–water partition coefficient (Wildman–Crippen LogP) is 1.43. The van der Waals surface area contributed by atoms with Crippen molar-refractivity contribution >= 4 is 20.9 Å². The van der Waals surface area contributed by atoms with Gasteiger partial charge in [-0.05, 0) is 24.1 Å². The second kappa shape index (κ2) is 6.64. The van der Waals surface area contributed by atoms with Crippen molar-refractivity contribution in [1.82, 2.24) is 14.3 Å². The quantitative estimate of drug-likeness (QED) is 0.820. The first-order valence-electron chi connectivity index (χ1n) is 7.23. The number of alkyl halides is 3. The third-order valence-electron chi connectivity index (χ3n) is 3.27. The number of halogens is 3. The van der Waals surface area contributed by atoms with Crippen LogP contribution in [-0.4, -0.2) is 42.0 Å². The largest absolute Gasteiger partial charge is 0.402 e. The number of aromatic nitrogens is 2. The Morgan fingerprint density at radius 1 is 1.16 bits per heavy atom. The summed E-state index contributed by atoms with van der Waals surface area (Å²) in [6.07, 6.45) is -4.71. The zero-order chi connectivity index (χ0) is 19.0. The van der Waals surface area contributed by atoms with Crippen LogP contribution in [0.3, 0.4) is 0 Å². The second-order valence-electron chi connectivity index (χ2n) is 5.92. The van der Waals surface area contributed by atoms with Gasteiger partial charge in [0.15, 0.2) is 0 Å². The summed E-state index contributed by atoms with van der Waals surface area (Å²) < 4.78 is 63.8. The number of nitrogens with zero attached hydrogens (tertiary/aromatic N) is 1. The van der Waals surface area contributed by atoms with Crippen molar-refractivity contribution in [2.75, 3.05) is 13.1 Å². The van der Waals surface area contributed by atoms with E-state index in [-0.39, 0.29) is 23.4 Å². The Bertz CT molecular complexity index is 993. The third-order valence-corrected chi connectivity index (χ3v) is 5.08. The summed E-state index contributed by atoms with van der Waals surface area (Å²) in [4.78, 5) is 26.8. The lowest BCUT2D eigenvalue weighted by molar-refractivity contribution is -0.136. The fourth-order valence-electron chi connectivity index (χ4n) is 2.31. The first-order chi connectivity index (χ1) is 11.4. The lowest BCUT2D eigenvalue weighted by Gasteiger charge is -2.25. The number of sulfonamides is 1. The predicted molar refractivity (Wildman–Crippen MR) is 84.8 cm³/mol. The molecule has 7 nitrogen and oxygen atoms in total. The van der Waals surface area contributed by atoms with Gasteiger partial charge in [0.1, 0.15) is 6.54 Å². The maximum atomic E-state index is 12.8. The van der Waals surface area contributed by atoms with Crippen LogP contribution in [0.1, 0.15) is 13.8 Å². The molecule has 2 rings (SSSR count). The SMILES string of the molecule is CC(C)CN(CC(F)(F)F)S(=O)(=O)c1ccc2[nH]c(=O)[nH]c(=O)c2c1. The monoisotopic (exact) mass is 379 g/mol. The van der Waals surface area contributed by atoms with Crippen LogP contribution in [-0.2, 0) is 10.0 Å². The van der Waals surface area contributed by atoms with E-state index < -0.39 is 38.9 Å². The van der Waals surface area contributed by atoms with Crippen LogP contribution in [0.4, 0.5) is 13.2 Å². The summed E-state index contributed by atoms with van der Waals surface area (Å²) in [5.74, 6) is -0.336. The highest BCUT2D eigenvalue weighted by molar-refractivity contribution is 7.89. The minimum absolute atomic E-state index is 0.0823. The number of benzene rings is 1. The molecule has 138 valence electrons. The zero-order valence-corrected chi connectivity index (χ0v) is 14.2. The van der Waals surface area contributed by atoms with Crippen LogP contribution in [0.25, 0.3) is 10.9 Å². The van der Waals surface area contributed by atoms with Crippen molar-refractivity contribution in [3.8, 4) is 0 Å². The van der Waals surface area contributed by atoms with Crippen molar-refractivity contribution in [3.63, 3.8) is 0 Å². The zero-order valence-electron chi connectivity index (χ0n) is 13.3. The molecule has 0 aliphatic heterocycles. The summed E-state index contributed by atoms with van der Waals surface area (Å²) in [5, 5.41) is -0.141. The highest BCUT2D eigenvalue weighted by Crippen LogP contribution is 2.24. The van der Waals surface area contributed by atoms with E-state index in [1.54, 1.807) is 13.8 Å². The maximum absolute atomic E-state index is 12.8. The molecule has 0 saturated carbocycles. The van der Waals surface area contributed by atoms with E-state index >= 15 is 0 Å².